The molecule has 0 fully saturated rings. The van der Waals surface area contributed by atoms with Gasteiger partial charge in [0.15, 0.2) is 0 Å². The van der Waals surface area contributed by atoms with Gasteiger partial charge in [-0.05, 0) is 24.8 Å². The third-order valence-corrected chi connectivity index (χ3v) is 5.59. The molecule has 1 rings (SSSR count). The Bertz CT molecular complexity index is 459. The topological polar surface area (TPSA) is 12.0 Å². The summed E-state index contributed by atoms with van der Waals surface area (Å²) in [5, 5.41) is 3.85. The average molecular weight is 346 g/mol. The van der Waals surface area contributed by atoms with Crippen molar-refractivity contribution in [1.82, 2.24) is 5.32 Å². The lowest BCUT2D eigenvalue weighted by Gasteiger charge is -2.25. The normalized spacial score (nSPS) is 14.0. The van der Waals surface area contributed by atoms with Crippen LogP contribution in [0.25, 0.3) is 0 Å². The maximum absolute atomic E-state index is 3.85. The Kier molecular flexibility index (Phi) is 10.3. The molecule has 0 radical (unpaired) electrons. The van der Waals surface area contributed by atoms with Gasteiger partial charge < -0.3 is 5.32 Å². The van der Waals surface area contributed by atoms with Crippen LogP contribution < -0.4 is 5.32 Å². The Morgan fingerprint density at radius 2 is 1.71 bits per heavy atom. The fourth-order valence-corrected chi connectivity index (χ4v) is 4.66. The predicted molar refractivity (Wildman–Crippen MR) is 112 cm³/mol. The molecule has 0 bridgehead atoms. The van der Waals surface area contributed by atoms with Crippen LogP contribution in [0.15, 0.2) is 41.6 Å². The van der Waals surface area contributed by atoms with Crippen molar-refractivity contribution in [3.05, 3.63) is 47.2 Å². The first-order valence-corrected chi connectivity index (χ1v) is 13.5. The van der Waals surface area contributed by atoms with Crippen molar-refractivity contribution in [2.24, 2.45) is 0 Å². The molecule has 2 heteroatoms. The number of benzene rings is 1. The van der Waals surface area contributed by atoms with Gasteiger partial charge in [-0.1, -0.05) is 101 Å². The minimum Gasteiger partial charge on any atom is -0.306 e. The first-order chi connectivity index (χ1) is 11.5. The van der Waals surface area contributed by atoms with Gasteiger partial charge in [0.25, 0.3) is 0 Å². The van der Waals surface area contributed by atoms with Crippen molar-refractivity contribution in [2.45, 2.75) is 91.0 Å². The van der Waals surface area contributed by atoms with Gasteiger partial charge in [-0.2, -0.15) is 0 Å². The zero-order valence-corrected chi connectivity index (χ0v) is 17.7. The molecule has 1 aromatic carbocycles. The monoisotopic (exact) mass is 345 g/mol. The van der Waals surface area contributed by atoms with Crippen molar-refractivity contribution in [1.29, 1.82) is 0 Å². The highest BCUT2D eigenvalue weighted by Gasteiger charge is 2.17. The van der Waals surface area contributed by atoms with Crippen LogP contribution in [0.2, 0.25) is 19.6 Å². The summed E-state index contributed by atoms with van der Waals surface area (Å²) in [7, 11) is -1.19. The van der Waals surface area contributed by atoms with Crippen LogP contribution >= 0.6 is 0 Å². The van der Waals surface area contributed by atoms with Crippen molar-refractivity contribution >= 4 is 8.07 Å². The number of unbranched alkanes of at least 4 members (excludes halogenated alkanes) is 3. The Labute approximate surface area is 152 Å². The largest absolute Gasteiger partial charge is 0.306 e. The average Bonchev–Trinajstić information content (AvgIpc) is 2.54. The van der Waals surface area contributed by atoms with E-state index in [0.29, 0.717) is 6.04 Å². The summed E-state index contributed by atoms with van der Waals surface area (Å²) in [4.78, 5) is 0. The van der Waals surface area contributed by atoms with Gasteiger partial charge in [-0.3, -0.25) is 0 Å². The van der Waals surface area contributed by atoms with E-state index < -0.39 is 8.07 Å². The van der Waals surface area contributed by atoms with Crippen LogP contribution in [0.1, 0.15) is 64.4 Å². The van der Waals surface area contributed by atoms with Crippen LogP contribution in [-0.4, -0.2) is 14.1 Å². The van der Waals surface area contributed by atoms with E-state index in [4.69, 9.17) is 0 Å². The molecule has 1 unspecified atom stereocenters. The second-order valence-electron chi connectivity index (χ2n) is 8.10. The van der Waals surface area contributed by atoms with Crippen molar-refractivity contribution in [3.8, 4) is 0 Å². The molecule has 0 saturated carbocycles. The summed E-state index contributed by atoms with van der Waals surface area (Å²) in [6.07, 6.45) is 9.17. The zero-order chi connectivity index (χ0) is 17.8. The Balaban J connectivity index is 2.76. The lowest BCUT2D eigenvalue weighted by Crippen LogP contribution is -2.32. The number of nitrogens with one attached hydrogen (secondary N) is 1. The van der Waals surface area contributed by atoms with Gasteiger partial charge in [-0.15, -0.1) is 0 Å². The van der Waals surface area contributed by atoms with Crippen LogP contribution in [-0.2, 0) is 6.54 Å². The molecular weight excluding hydrogens is 306 g/mol. The SMILES string of the molecule is CCCCCCC(=C[Si](C)(C)C)C(CCC)NCc1ccccc1. The summed E-state index contributed by atoms with van der Waals surface area (Å²) < 4.78 is 0. The molecule has 1 N–H and O–H groups in total. The van der Waals surface area contributed by atoms with Crippen molar-refractivity contribution in [3.63, 3.8) is 0 Å². The maximum atomic E-state index is 3.85. The van der Waals surface area contributed by atoms with E-state index in [1.165, 1.54) is 50.5 Å². The van der Waals surface area contributed by atoms with E-state index >= 15 is 0 Å². The third-order valence-electron chi connectivity index (χ3n) is 4.36. The van der Waals surface area contributed by atoms with E-state index in [0.717, 1.165) is 6.54 Å². The molecule has 1 nitrogen and oxygen atoms in total. The summed E-state index contributed by atoms with van der Waals surface area (Å²) >= 11 is 0. The van der Waals surface area contributed by atoms with E-state index in [1.54, 1.807) is 5.57 Å². The quantitative estimate of drug-likeness (QED) is 0.327. The van der Waals surface area contributed by atoms with Gasteiger partial charge in [0, 0.05) is 12.6 Å². The predicted octanol–water partition coefficient (Wildman–Crippen LogP) is 6.72. The Morgan fingerprint density at radius 3 is 2.29 bits per heavy atom. The van der Waals surface area contributed by atoms with Gasteiger partial charge in [0.05, 0.1) is 8.07 Å². The fourth-order valence-electron chi connectivity index (χ4n) is 3.20. The second-order valence-corrected chi connectivity index (χ2v) is 13.1. The van der Waals surface area contributed by atoms with Crippen molar-refractivity contribution < 1.29 is 0 Å². The lowest BCUT2D eigenvalue weighted by atomic mass is 9.97. The highest BCUT2D eigenvalue weighted by molar-refractivity contribution is 6.81. The van der Waals surface area contributed by atoms with E-state index in [-0.39, 0.29) is 0 Å². The molecule has 0 saturated heterocycles. The highest BCUT2D eigenvalue weighted by Crippen LogP contribution is 2.21. The minimum absolute atomic E-state index is 0.545. The highest BCUT2D eigenvalue weighted by atomic mass is 28.3. The fraction of sp³-hybridized carbons (Fsp3) is 0.636. The first kappa shape index (κ1) is 21.2. The zero-order valence-electron chi connectivity index (χ0n) is 16.7. The van der Waals surface area contributed by atoms with Gasteiger partial charge in [0.1, 0.15) is 0 Å². The minimum atomic E-state index is -1.19. The van der Waals surface area contributed by atoms with E-state index in [1.807, 2.05) is 0 Å². The van der Waals surface area contributed by atoms with Crippen molar-refractivity contribution in [2.75, 3.05) is 0 Å². The molecule has 0 aromatic heterocycles. The number of hydrogen-bond donors (Lipinski definition) is 1. The van der Waals surface area contributed by atoms with Gasteiger partial charge in [0.2, 0.25) is 0 Å². The van der Waals surface area contributed by atoms with Gasteiger partial charge >= 0.3 is 0 Å². The molecule has 0 aliphatic rings. The summed E-state index contributed by atoms with van der Waals surface area (Å²) in [5.74, 6) is 0. The second kappa shape index (κ2) is 11.6. The molecule has 0 aliphatic carbocycles. The Hall–Kier alpha value is -0.863. The van der Waals surface area contributed by atoms with E-state index in [2.05, 4.69) is 74.8 Å². The molecule has 24 heavy (non-hydrogen) atoms. The van der Waals surface area contributed by atoms with E-state index in [9.17, 15) is 0 Å². The van der Waals surface area contributed by atoms with Crippen LogP contribution in [0.4, 0.5) is 0 Å². The molecule has 0 spiro atoms. The van der Waals surface area contributed by atoms with Crippen LogP contribution in [0.3, 0.4) is 0 Å². The first-order valence-electron chi connectivity index (χ1n) is 9.95. The van der Waals surface area contributed by atoms with Crippen LogP contribution in [0.5, 0.6) is 0 Å². The third kappa shape index (κ3) is 9.44. The lowest BCUT2D eigenvalue weighted by molar-refractivity contribution is 0.506. The summed E-state index contributed by atoms with van der Waals surface area (Å²) in [5.41, 5.74) is 5.73. The molecule has 136 valence electrons. The molecule has 0 aliphatic heterocycles. The summed E-state index contributed by atoms with van der Waals surface area (Å²) in [6.45, 7) is 12.9. The summed E-state index contributed by atoms with van der Waals surface area (Å²) in [6, 6.07) is 11.4. The molecular formula is C22H39NSi. The molecule has 0 amide bonds. The molecule has 1 atom stereocenters. The molecule has 1 aromatic rings. The standard InChI is InChI=1S/C22H39NSi/c1-6-8-9-13-17-21(19-24(3,4)5)22(14-7-2)23-18-20-15-11-10-12-16-20/h10-12,15-16,19,22-23H,6-9,13-14,17-18H2,1-5H3. The molecule has 0 heterocycles. The number of hydrogen-bond acceptors (Lipinski definition) is 1. The van der Waals surface area contributed by atoms with Gasteiger partial charge in [-0.25, -0.2) is 0 Å². The number of rotatable bonds is 12. The smallest absolute Gasteiger partial charge is 0.0687 e. The van der Waals surface area contributed by atoms with Crippen LogP contribution in [0, 0.1) is 0 Å². The Morgan fingerprint density at radius 1 is 1.00 bits per heavy atom. The maximum Gasteiger partial charge on any atom is 0.0687 e.